The van der Waals surface area contributed by atoms with Gasteiger partial charge in [0.05, 0.1) is 61.0 Å². The fraction of sp³-hybridized carbons (Fsp3) is 0.408. The number of carbonyl (C=O) groups excluding carboxylic acids is 8. The predicted molar refractivity (Wildman–Crippen MR) is 431 cm³/mol. The van der Waals surface area contributed by atoms with Gasteiger partial charge in [-0.25, -0.2) is 104 Å². The normalized spacial score (nSPS) is 11.2. The maximum atomic E-state index is 12.5. The van der Waals surface area contributed by atoms with Gasteiger partial charge in [0.1, 0.15) is 51.1 Å². The van der Waals surface area contributed by atoms with Crippen molar-refractivity contribution in [3.05, 3.63) is 119 Å². The van der Waals surface area contributed by atoms with Crippen LogP contribution in [0.5, 0.6) is 28.7 Å². The van der Waals surface area contributed by atoms with E-state index in [1.165, 1.54) is 64.6 Å². The number of esters is 3. The van der Waals surface area contributed by atoms with Crippen molar-refractivity contribution in [1.29, 1.82) is 0 Å². The number of halogens is 1. The van der Waals surface area contributed by atoms with Crippen LogP contribution in [0.2, 0.25) is 0 Å². The second kappa shape index (κ2) is 51.8. The average Bonchev–Trinajstić information content (AvgIpc) is 0.855. The maximum absolute atomic E-state index is 12.5. The lowest BCUT2D eigenvalue weighted by atomic mass is 10.2. The molecule has 0 saturated carbocycles. The van der Waals surface area contributed by atoms with E-state index in [2.05, 4.69) is 54.9 Å². The number of carboxylic acid groups (broad SMARTS) is 4. The largest absolute Gasteiger partial charge is 0.481 e. The zero-order valence-corrected chi connectivity index (χ0v) is 73.2. The molecule has 5 aromatic carbocycles. The van der Waals surface area contributed by atoms with Gasteiger partial charge in [0.15, 0.2) is 33.0 Å². The molecule has 0 aliphatic carbocycles. The number of ether oxygens (including phenoxy) is 10. The van der Waals surface area contributed by atoms with Crippen LogP contribution in [0.25, 0.3) is 0 Å². The van der Waals surface area contributed by atoms with Crippen molar-refractivity contribution in [2.45, 2.75) is 98.0 Å². The molecule has 5 amide bonds. The Kier molecular flexibility index (Phi) is 46.0. The number of amides is 5. The summed E-state index contributed by atoms with van der Waals surface area (Å²) >= 11 is 0. The lowest BCUT2D eigenvalue weighted by Crippen LogP contribution is -2.38. The number of aromatic carboxylic acids is 2. The van der Waals surface area contributed by atoms with Crippen molar-refractivity contribution < 1.29 is 167 Å². The molecule has 0 aliphatic heterocycles. The molecule has 0 fully saturated rings. The number of alkyl carbamates (subject to hydrolysis) is 2. The van der Waals surface area contributed by atoms with E-state index in [1.807, 2.05) is 0 Å². The zero-order chi connectivity index (χ0) is 94.0. The lowest BCUT2D eigenvalue weighted by Gasteiger charge is -2.19. The molecule has 0 spiro atoms. The van der Waals surface area contributed by atoms with Crippen LogP contribution in [-0.4, -0.2) is 266 Å². The quantitative estimate of drug-likeness (QED) is 0.0114. The second-order valence-corrected chi connectivity index (χ2v) is 35.3. The highest BCUT2D eigenvalue weighted by Gasteiger charge is 2.27. The number of carbonyl (C=O) groups is 12. The SMILES string of the molecule is CCOC(=O)COc1cc(S(=O)(=O)Cl)ccc1C(=O)O.CCOC(=O)COc1cc(S(=O)(=O)NC)ccc1C(=O)NCCNC(=O)OC(C)(C)C.CCOC(=O)COc1cc(S(=O)(=O)NC)ccc1C(=O)O.CNS(=O)(=O)c1ccc(C(=O)NCCN)c(OCC(=O)O)c1.CNS(=O)(=O)c1ccc(C(=O)NCCNC(=O)OC(C)(C)C)c(OCC(=O)O)c1. The smallest absolute Gasteiger partial charge is 0.407 e. The first kappa shape index (κ1) is 109. The van der Waals surface area contributed by atoms with Gasteiger partial charge in [-0.3, -0.25) is 14.4 Å². The van der Waals surface area contributed by atoms with Crippen LogP contribution in [0.4, 0.5) is 9.59 Å². The number of sulfonamides is 4. The van der Waals surface area contributed by atoms with Crippen LogP contribution >= 0.6 is 10.7 Å². The molecule has 0 radical (unpaired) electrons. The molecule has 0 bridgehead atoms. The minimum Gasteiger partial charge on any atom is -0.481 e. The molecule has 0 unspecified atom stereocenters. The molecular formula is C71H97ClN10O36S5. The first-order valence-electron chi connectivity index (χ1n) is 35.5. The monoisotopic (exact) mass is 1860 g/mol. The first-order chi connectivity index (χ1) is 57.1. The fourth-order valence-corrected chi connectivity index (χ4v) is 12.1. The Labute approximate surface area is 712 Å². The standard InChI is InChI=1S/C19H29N3O8S.C17H25N3O8S.C12H17N3O6S.C12H15NO7S.C11H11ClO7S/c1-6-28-16(23)12-29-15-11-13(31(26,27)20-5)7-8-14(15)17(24)21-9-10-22-18(25)30-19(2,3)4;1-17(2,3)28-16(24)20-8-7-19-15(23)12-6-5-11(29(25,26)18-4)9-13(12)27-10-14(21)22;1-14-22(19,20)8-2-3-9(12(18)15-5-4-13)10(6-8)21-7-11(16)17;1-3-19-11(14)7-20-10-6-8(21(17,18)13-2)4-5-9(10)12(15)16;1-2-18-10(13)6-19-9-5-7(20(12,16)17)3-4-8(9)11(14)15/h7-8,11,20H,6,9-10,12H2,1-5H3,(H,21,24)(H,22,25);5-6,9,18H,7-8,10H2,1-4H3,(H,19,23)(H,20,24)(H,21,22);2-3,6,14H,4-5,7,13H2,1H3,(H,15,18)(H,16,17);4-6,13H,3,7H2,1-2H3,(H,15,16);3-5H,2,6H2,1H3,(H,14,15). The van der Waals surface area contributed by atoms with Crippen LogP contribution in [0, 0.1) is 0 Å². The van der Waals surface area contributed by atoms with E-state index >= 15 is 0 Å². The van der Waals surface area contributed by atoms with Crippen LogP contribution in [0.3, 0.4) is 0 Å². The molecule has 15 N–H and O–H groups in total. The van der Waals surface area contributed by atoms with E-state index in [4.69, 9.17) is 74.7 Å². The summed E-state index contributed by atoms with van der Waals surface area (Å²) in [6, 6.07) is 16.9. The van der Waals surface area contributed by atoms with Gasteiger partial charge in [-0.1, -0.05) is 0 Å². The molecular weight excluding hydrogens is 1760 g/mol. The summed E-state index contributed by atoms with van der Waals surface area (Å²) < 4.78 is 175. The van der Waals surface area contributed by atoms with E-state index in [1.54, 1.807) is 62.3 Å². The molecule has 5 aromatic rings. The molecule has 0 atom stereocenters. The number of nitrogens with one attached hydrogen (secondary N) is 9. The van der Waals surface area contributed by atoms with Crippen molar-refractivity contribution >= 4 is 132 Å². The van der Waals surface area contributed by atoms with Gasteiger partial charge in [0.2, 0.25) is 40.1 Å². The first-order valence-corrected chi connectivity index (χ1v) is 43.8. The Balaban J connectivity index is 0.000000777. The summed E-state index contributed by atoms with van der Waals surface area (Å²) in [7, 11) is -9.08. The third-order valence-corrected chi connectivity index (χ3v) is 20.8. The van der Waals surface area contributed by atoms with E-state index in [0.717, 1.165) is 54.6 Å². The number of hydrogen-bond acceptors (Lipinski definition) is 33. The minimum atomic E-state index is -4.03. The van der Waals surface area contributed by atoms with Crippen molar-refractivity contribution in [3.63, 3.8) is 0 Å². The van der Waals surface area contributed by atoms with Gasteiger partial charge in [-0.15, -0.1) is 0 Å². The number of hydrogen-bond donors (Lipinski definition) is 14. The molecule has 52 heteroatoms. The molecule has 5 rings (SSSR count). The number of nitrogens with two attached hydrogens (primary N) is 1. The molecule has 0 saturated heterocycles. The van der Waals surface area contributed by atoms with Crippen molar-refractivity contribution in [1.82, 2.24) is 45.5 Å². The maximum Gasteiger partial charge on any atom is 0.407 e. The Bertz CT molecular complexity index is 5140. The summed E-state index contributed by atoms with van der Waals surface area (Å²) in [5.74, 6) is -9.98. The van der Waals surface area contributed by atoms with Gasteiger partial charge in [0, 0.05) is 80.3 Å². The Morgan fingerprint density at radius 3 is 0.805 bits per heavy atom. The molecule has 684 valence electrons. The number of aliphatic carboxylic acids is 2. The third kappa shape index (κ3) is 41.1. The van der Waals surface area contributed by atoms with Crippen LogP contribution in [0.15, 0.2) is 115 Å². The zero-order valence-electron chi connectivity index (χ0n) is 68.4. The topological polar surface area (TPSA) is 683 Å². The molecule has 0 aliphatic rings. The highest BCUT2D eigenvalue weighted by atomic mass is 35.7. The van der Waals surface area contributed by atoms with Crippen molar-refractivity contribution in [2.24, 2.45) is 5.73 Å². The molecule has 0 aromatic heterocycles. The van der Waals surface area contributed by atoms with Crippen molar-refractivity contribution in [2.75, 3.05) is 120 Å². The number of carboxylic acids is 4. The molecule has 46 nitrogen and oxygen atoms in total. The Morgan fingerprint density at radius 1 is 0.350 bits per heavy atom. The Hall–Kier alpha value is -11.8. The lowest BCUT2D eigenvalue weighted by molar-refractivity contribution is -0.146. The van der Waals surface area contributed by atoms with E-state index in [-0.39, 0.29) is 140 Å². The summed E-state index contributed by atoms with van der Waals surface area (Å²) in [6.07, 6.45) is -1.26. The van der Waals surface area contributed by atoms with Crippen molar-refractivity contribution in [3.8, 4) is 28.7 Å². The highest BCUT2D eigenvalue weighted by molar-refractivity contribution is 8.13. The van der Waals surface area contributed by atoms with Gasteiger partial charge < -0.3 is 100 Å². The minimum absolute atomic E-state index is 0.0108. The van der Waals surface area contributed by atoms with Gasteiger partial charge in [0.25, 0.3) is 26.8 Å². The van der Waals surface area contributed by atoms with E-state index in [9.17, 15) is 99.6 Å². The number of rotatable bonds is 40. The van der Waals surface area contributed by atoms with E-state index in [0.29, 0.717) is 0 Å². The predicted octanol–water partition coefficient (Wildman–Crippen LogP) is 1.34. The number of benzene rings is 5. The molecule has 123 heavy (non-hydrogen) atoms. The third-order valence-electron chi connectivity index (χ3n) is 13.8. The summed E-state index contributed by atoms with van der Waals surface area (Å²) in [4.78, 5) is 136. The average molecular weight is 1860 g/mol. The van der Waals surface area contributed by atoms with Gasteiger partial charge in [-0.05, 0) is 151 Å². The summed E-state index contributed by atoms with van der Waals surface area (Å²) in [6.45, 7) is 13.3. The van der Waals surface area contributed by atoms with Gasteiger partial charge in [-0.2, -0.15) is 0 Å². The van der Waals surface area contributed by atoms with Gasteiger partial charge >= 0.3 is 54.0 Å². The summed E-state index contributed by atoms with van der Waals surface area (Å²) in [5, 5.41) is 47.9. The van der Waals surface area contributed by atoms with E-state index < -0.39 is 165 Å². The molecule has 0 heterocycles. The fourth-order valence-electron chi connectivity index (χ4n) is 8.40. The van der Waals surface area contributed by atoms with Crippen LogP contribution in [0.1, 0.15) is 114 Å². The van der Waals surface area contributed by atoms with Crippen LogP contribution in [-0.2, 0) is 96.8 Å². The van der Waals surface area contributed by atoms with Crippen LogP contribution < -0.4 is 74.9 Å². The summed E-state index contributed by atoms with van der Waals surface area (Å²) in [5.41, 5.74) is 3.40. The Morgan fingerprint density at radius 2 is 0.577 bits per heavy atom. The second-order valence-electron chi connectivity index (χ2n) is 25.2. The highest BCUT2D eigenvalue weighted by Crippen LogP contribution is 2.29.